The van der Waals surface area contributed by atoms with Gasteiger partial charge in [-0.2, -0.15) is 5.90 Å². The van der Waals surface area contributed by atoms with Crippen LogP contribution in [0.25, 0.3) is 33.3 Å². The van der Waals surface area contributed by atoms with Crippen molar-refractivity contribution in [2.75, 3.05) is 13.7 Å². The molecule has 9 nitrogen and oxygen atoms in total. The molecule has 0 saturated heterocycles. The minimum absolute atomic E-state index is 0.197. The van der Waals surface area contributed by atoms with Crippen LogP contribution in [0.2, 0.25) is 0 Å². The van der Waals surface area contributed by atoms with Gasteiger partial charge < -0.3 is 28.0 Å². The number of benzene rings is 4. The first kappa shape index (κ1) is 28.8. The smallest absolute Gasteiger partial charge is 0.324 e. The van der Waals surface area contributed by atoms with E-state index in [1.165, 1.54) is 0 Å². The van der Waals surface area contributed by atoms with Gasteiger partial charge in [0, 0.05) is 28.4 Å². The first-order chi connectivity index (χ1) is 21.6. The van der Waals surface area contributed by atoms with Gasteiger partial charge in [0.1, 0.15) is 23.8 Å². The van der Waals surface area contributed by atoms with E-state index in [1.807, 2.05) is 79.7 Å². The molecule has 0 aliphatic rings. The number of para-hydroxylation sites is 1. The summed E-state index contributed by atoms with van der Waals surface area (Å²) >= 11 is 0. The molecule has 0 aliphatic heterocycles. The third-order valence-corrected chi connectivity index (χ3v) is 7.52. The zero-order chi connectivity index (χ0) is 30.5. The number of carbonyl (C=O) groups is 1. The van der Waals surface area contributed by atoms with Crippen molar-refractivity contribution < 1.29 is 28.3 Å². The SMILES string of the molecule is COc1cc(Cn2c3ccccc3c3c(OCCCC(=O)ON)cccc32)ccc1OCc1nc(-c2ccccc2)oc1C. The maximum atomic E-state index is 11.4. The van der Waals surface area contributed by atoms with Gasteiger partial charge in [0.15, 0.2) is 11.5 Å². The molecule has 4 aromatic carbocycles. The molecular formula is C35H33N3O6. The van der Waals surface area contributed by atoms with E-state index in [2.05, 4.69) is 32.6 Å². The molecule has 44 heavy (non-hydrogen) atoms. The predicted molar refractivity (Wildman–Crippen MR) is 168 cm³/mol. The van der Waals surface area contributed by atoms with E-state index in [0.717, 1.165) is 44.4 Å². The Hall–Kier alpha value is -5.28. The molecule has 2 N–H and O–H groups in total. The molecule has 0 atom stereocenters. The topological polar surface area (TPSA) is 111 Å². The summed E-state index contributed by atoms with van der Waals surface area (Å²) in [5, 5.41) is 2.11. The molecular weight excluding hydrogens is 558 g/mol. The third kappa shape index (κ3) is 5.95. The molecule has 224 valence electrons. The van der Waals surface area contributed by atoms with Crippen molar-refractivity contribution in [3.05, 3.63) is 108 Å². The first-order valence-electron chi connectivity index (χ1n) is 14.4. The second-order valence-corrected chi connectivity index (χ2v) is 10.4. The Morgan fingerprint density at radius 3 is 2.50 bits per heavy atom. The largest absolute Gasteiger partial charge is 0.493 e. The standard InChI is InChI=1S/C35H33N3O6/c1-23-27(37-35(43-23)25-10-4-3-5-11-25)22-42-30-18-17-24(20-32(30)40-2)21-38-28-13-7-6-12-26(28)34-29(38)14-8-15-31(34)41-19-9-16-33(39)44-36/h3-8,10-15,17-18,20H,9,16,19,21-22,36H2,1-2H3. The summed E-state index contributed by atoms with van der Waals surface area (Å²) in [6.07, 6.45) is 0.701. The number of nitrogens with two attached hydrogens (primary N) is 1. The van der Waals surface area contributed by atoms with Crippen LogP contribution >= 0.6 is 0 Å². The first-order valence-corrected chi connectivity index (χ1v) is 14.4. The van der Waals surface area contributed by atoms with Gasteiger partial charge in [-0.1, -0.05) is 48.5 Å². The number of fused-ring (bicyclic) bond motifs is 3. The van der Waals surface area contributed by atoms with Crippen LogP contribution in [0, 0.1) is 6.92 Å². The minimum Gasteiger partial charge on any atom is -0.493 e. The number of nitrogens with zero attached hydrogens (tertiary/aromatic N) is 2. The van der Waals surface area contributed by atoms with Crippen molar-refractivity contribution in [3.8, 4) is 28.7 Å². The van der Waals surface area contributed by atoms with Crippen LogP contribution in [0.1, 0.15) is 29.9 Å². The van der Waals surface area contributed by atoms with E-state index in [0.29, 0.717) is 42.7 Å². The van der Waals surface area contributed by atoms with E-state index < -0.39 is 5.97 Å². The van der Waals surface area contributed by atoms with Crippen LogP contribution in [0.3, 0.4) is 0 Å². The third-order valence-electron chi connectivity index (χ3n) is 7.52. The minimum atomic E-state index is -0.458. The van der Waals surface area contributed by atoms with Gasteiger partial charge in [-0.15, -0.1) is 0 Å². The highest BCUT2D eigenvalue weighted by Crippen LogP contribution is 2.37. The van der Waals surface area contributed by atoms with Gasteiger partial charge in [-0.05, 0) is 61.4 Å². The lowest BCUT2D eigenvalue weighted by Gasteiger charge is -2.13. The second kappa shape index (κ2) is 12.9. The number of carbonyl (C=O) groups excluding carboxylic acids is 1. The van der Waals surface area contributed by atoms with Crippen molar-refractivity contribution in [2.24, 2.45) is 5.90 Å². The summed E-state index contributed by atoms with van der Waals surface area (Å²) < 4.78 is 26.2. The highest BCUT2D eigenvalue weighted by molar-refractivity contribution is 6.11. The molecule has 0 bridgehead atoms. The molecule has 0 unspecified atom stereocenters. The Balaban J connectivity index is 1.23. The summed E-state index contributed by atoms with van der Waals surface area (Å²) in [5.74, 6) is 7.79. The monoisotopic (exact) mass is 591 g/mol. The molecule has 6 rings (SSSR count). The number of hydrogen-bond acceptors (Lipinski definition) is 8. The molecule has 0 fully saturated rings. The molecule has 0 aliphatic carbocycles. The fourth-order valence-electron chi connectivity index (χ4n) is 5.34. The fourth-order valence-corrected chi connectivity index (χ4v) is 5.34. The van der Waals surface area contributed by atoms with Crippen LogP contribution in [0.4, 0.5) is 0 Å². The average Bonchev–Trinajstić information content (AvgIpc) is 3.60. The summed E-state index contributed by atoms with van der Waals surface area (Å²) in [6.45, 7) is 3.11. The van der Waals surface area contributed by atoms with Crippen LogP contribution in [-0.4, -0.2) is 29.2 Å². The molecule has 0 amide bonds. The van der Waals surface area contributed by atoms with Gasteiger partial charge in [0.2, 0.25) is 5.89 Å². The maximum Gasteiger partial charge on any atom is 0.324 e. The fraction of sp³-hybridized carbons (Fsp3) is 0.200. The Morgan fingerprint density at radius 1 is 0.886 bits per heavy atom. The van der Waals surface area contributed by atoms with Gasteiger partial charge in [0.25, 0.3) is 0 Å². The van der Waals surface area contributed by atoms with Crippen molar-refractivity contribution >= 4 is 27.8 Å². The average molecular weight is 592 g/mol. The second-order valence-electron chi connectivity index (χ2n) is 10.4. The maximum absolute atomic E-state index is 11.4. The van der Waals surface area contributed by atoms with Crippen LogP contribution in [0.5, 0.6) is 17.2 Å². The molecule has 2 heterocycles. The van der Waals surface area contributed by atoms with Crippen molar-refractivity contribution in [1.82, 2.24) is 9.55 Å². The van der Waals surface area contributed by atoms with Crippen molar-refractivity contribution in [2.45, 2.75) is 32.9 Å². The van der Waals surface area contributed by atoms with Gasteiger partial charge in [-0.25, -0.2) is 4.98 Å². The summed E-state index contributed by atoms with van der Waals surface area (Å²) in [7, 11) is 1.64. The Morgan fingerprint density at radius 2 is 1.68 bits per heavy atom. The molecule has 9 heteroatoms. The summed E-state index contributed by atoms with van der Waals surface area (Å²) in [6, 6.07) is 30.0. The number of oxazole rings is 1. The van der Waals surface area contributed by atoms with Crippen LogP contribution in [0.15, 0.2) is 95.4 Å². The van der Waals surface area contributed by atoms with Gasteiger partial charge in [0.05, 0.1) is 25.7 Å². The molecule has 2 aromatic heterocycles. The highest BCUT2D eigenvalue weighted by Gasteiger charge is 2.17. The number of aromatic nitrogens is 2. The van der Waals surface area contributed by atoms with Gasteiger partial charge >= 0.3 is 5.97 Å². The lowest BCUT2D eigenvalue weighted by molar-refractivity contribution is -0.144. The Bertz CT molecular complexity index is 1910. The number of methoxy groups -OCH3 is 1. The molecule has 0 radical (unpaired) electrons. The van der Waals surface area contributed by atoms with E-state index in [1.54, 1.807) is 7.11 Å². The van der Waals surface area contributed by atoms with E-state index >= 15 is 0 Å². The number of ether oxygens (including phenoxy) is 3. The van der Waals surface area contributed by atoms with Crippen LogP contribution in [-0.2, 0) is 22.8 Å². The number of aryl methyl sites for hydroxylation is 1. The highest BCUT2D eigenvalue weighted by atomic mass is 16.7. The zero-order valence-electron chi connectivity index (χ0n) is 24.6. The molecule has 0 spiro atoms. The zero-order valence-corrected chi connectivity index (χ0v) is 24.6. The van der Waals surface area contributed by atoms with Crippen molar-refractivity contribution in [3.63, 3.8) is 0 Å². The lowest BCUT2D eigenvalue weighted by atomic mass is 10.1. The van der Waals surface area contributed by atoms with Gasteiger partial charge in [-0.3, -0.25) is 4.79 Å². The normalized spacial score (nSPS) is 11.2. The molecule has 0 saturated carbocycles. The van der Waals surface area contributed by atoms with E-state index in [-0.39, 0.29) is 13.0 Å². The summed E-state index contributed by atoms with van der Waals surface area (Å²) in [4.78, 5) is 20.3. The Kier molecular flexibility index (Phi) is 8.47. The number of hydrogen-bond donors (Lipinski definition) is 1. The van der Waals surface area contributed by atoms with E-state index in [9.17, 15) is 4.79 Å². The lowest BCUT2D eigenvalue weighted by Crippen LogP contribution is -2.11. The Labute approximate surface area is 254 Å². The quantitative estimate of drug-likeness (QED) is 0.120. The van der Waals surface area contributed by atoms with E-state index in [4.69, 9.17) is 24.5 Å². The predicted octanol–water partition coefficient (Wildman–Crippen LogP) is 6.97. The van der Waals surface area contributed by atoms with Crippen molar-refractivity contribution in [1.29, 1.82) is 0 Å². The molecule has 6 aromatic rings. The van der Waals surface area contributed by atoms with Crippen LogP contribution < -0.4 is 20.1 Å². The number of rotatable bonds is 12. The summed E-state index contributed by atoms with van der Waals surface area (Å²) in [5.41, 5.74) is 4.83.